The molecule has 0 radical (unpaired) electrons. The van der Waals surface area contributed by atoms with Crippen molar-refractivity contribution in [2.45, 2.75) is 82.7 Å². The van der Waals surface area contributed by atoms with Crippen LogP contribution in [0.4, 0.5) is 11.4 Å². The Hall–Kier alpha value is -2.04. The van der Waals surface area contributed by atoms with Gasteiger partial charge in [-0.05, 0) is 117 Å². The molecule has 4 heteroatoms. The molecule has 0 bridgehead atoms. The molecule has 2 fully saturated rings. The summed E-state index contributed by atoms with van der Waals surface area (Å²) in [4.78, 5) is 0. The number of nitrogen functional groups attached to an aromatic ring is 2. The molecule has 2 aliphatic rings. The summed E-state index contributed by atoms with van der Waals surface area (Å²) in [5, 5.41) is 0. The maximum atomic E-state index is 6.37. The second-order valence-electron chi connectivity index (χ2n) is 10.2. The number of rotatable bonds is 6. The molecule has 8 N–H and O–H groups in total. The molecular weight excluding hydrogens is 380 g/mol. The highest BCUT2D eigenvalue weighted by Gasteiger charge is 2.21. The van der Waals surface area contributed by atoms with Crippen LogP contribution in [0, 0.1) is 11.8 Å². The van der Waals surface area contributed by atoms with Gasteiger partial charge in [0.15, 0.2) is 0 Å². The molecule has 31 heavy (non-hydrogen) atoms. The third kappa shape index (κ3) is 6.02. The number of hydrogen-bond donors (Lipinski definition) is 4. The largest absolute Gasteiger partial charge is 0.399 e. The first-order valence-corrected chi connectivity index (χ1v) is 12.2. The van der Waals surface area contributed by atoms with E-state index in [1.807, 2.05) is 0 Å². The Morgan fingerprint density at radius 3 is 1.68 bits per heavy atom. The lowest BCUT2D eigenvalue weighted by atomic mass is 9.82. The van der Waals surface area contributed by atoms with Crippen LogP contribution in [0.5, 0.6) is 0 Å². The van der Waals surface area contributed by atoms with Crippen molar-refractivity contribution in [1.29, 1.82) is 0 Å². The van der Waals surface area contributed by atoms with E-state index in [2.05, 4.69) is 36.4 Å². The number of nitrogens with two attached hydrogens (primary N) is 4. The standard InChI is InChI=1S/C27H40N4/c28-24-7-1-18(2-8-24)13-20-5-11-27(31)23(15-20)17-21-6-12-26(30)22(16-21)14-19-3-9-25(29)10-4-19/h5-6,11-12,15-16,18-19,24-25H,1-4,7-10,13-14,17,28-31H2. The zero-order valence-corrected chi connectivity index (χ0v) is 18.9. The zero-order valence-electron chi connectivity index (χ0n) is 18.9. The van der Waals surface area contributed by atoms with E-state index in [1.54, 1.807) is 0 Å². The summed E-state index contributed by atoms with van der Waals surface area (Å²) in [5.41, 5.74) is 31.9. The normalized spacial score (nSPS) is 26.6. The number of anilines is 2. The van der Waals surface area contributed by atoms with E-state index < -0.39 is 0 Å². The van der Waals surface area contributed by atoms with Crippen molar-refractivity contribution >= 4 is 11.4 Å². The molecule has 0 atom stereocenters. The van der Waals surface area contributed by atoms with Crippen LogP contribution < -0.4 is 22.9 Å². The van der Waals surface area contributed by atoms with Gasteiger partial charge in [-0.15, -0.1) is 0 Å². The van der Waals surface area contributed by atoms with Crippen LogP contribution in [0.25, 0.3) is 0 Å². The smallest absolute Gasteiger partial charge is 0.0350 e. The molecule has 0 aliphatic heterocycles. The first-order chi connectivity index (χ1) is 15.0. The fraction of sp³-hybridized carbons (Fsp3) is 0.556. The SMILES string of the molecule is Nc1ccc(CC2CCC(N)CC2)cc1Cc1ccc(N)c(CC2CCC(N)CC2)c1. The van der Waals surface area contributed by atoms with Crippen LogP contribution >= 0.6 is 0 Å². The highest BCUT2D eigenvalue weighted by atomic mass is 14.6. The molecule has 0 amide bonds. The summed E-state index contributed by atoms with van der Waals surface area (Å²) >= 11 is 0. The highest BCUT2D eigenvalue weighted by molar-refractivity contribution is 5.53. The third-order valence-corrected chi connectivity index (χ3v) is 7.63. The quantitative estimate of drug-likeness (QED) is 0.514. The Kier molecular flexibility index (Phi) is 7.19. The predicted octanol–water partition coefficient (Wildman–Crippen LogP) is 4.56. The Morgan fingerprint density at radius 1 is 0.581 bits per heavy atom. The van der Waals surface area contributed by atoms with Crippen LogP contribution in [-0.4, -0.2) is 12.1 Å². The number of hydrogen-bond acceptors (Lipinski definition) is 4. The van der Waals surface area contributed by atoms with Gasteiger partial charge < -0.3 is 22.9 Å². The van der Waals surface area contributed by atoms with Crippen LogP contribution in [0.1, 0.15) is 73.6 Å². The summed E-state index contributed by atoms with van der Waals surface area (Å²) in [6.07, 6.45) is 12.6. The van der Waals surface area contributed by atoms with Crippen LogP contribution in [0.3, 0.4) is 0 Å². The van der Waals surface area contributed by atoms with Crippen molar-refractivity contribution in [1.82, 2.24) is 0 Å². The van der Waals surface area contributed by atoms with Gasteiger partial charge in [0.05, 0.1) is 0 Å². The summed E-state index contributed by atoms with van der Waals surface area (Å²) in [5.74, 6) is 1.46. The summed E-state index contributed by atoms with van der Waals surface area (Å²) < 4.78 is 0. The minimum atomic E-state index is 0.389. The minimum absolute atomic E-state index is 0.389. The minimum Gasteiger partial charge on any atom is -0.399 e. The van der Waals surface area contributed by atoms with E-state index in [4.69, 9.17) is 22.9 Å². The van der Waals surface area contributed by atoms with Crippen molar-refractivity contribution in [3.63, 3.8) is 0 Å². The molecule has 168 valence electrons. The van der Waals surface area contributed by atoms with Gasteiger partial charge in [-0.3, -0.25) is 0 Å². The van der Waals surface area contributed by atoms with Crippen molar-refractivity contribution < 1.29 is 0 Å². The van der Waals surface area contributed by atoms with Crippen LogP contribution in [-0.2, 0) is 19.3 Å². The molecule has 2 saturated carbocycles. The van der Waals surface area contributed by atoms with Crippen molar-refractivity contribution in [3.8, 4) is 0 Å². The summed E-state index contributed by atoms with van der Waals surface area (Å²) in [6.45, 7) is 0. The zero-order chi connectivity index (χ0) is 21.8. The molecule has 0 aromatic heterocycles. The van der Waals surface area contributed by atoms with Gasteiger partial charge in [-0.1, -0.05) is 24.3 Å². The summed E-state index contributed by atoms with van der Waals surface area (Å²) in [6, 6.07) is 13.9. The molecule has 0 heterocycles. The van der Waals surface area contributed by atoms with Gasteiger partial charge in [0, 0.05) is 23.5 Å². The van der Waals surface area contributed by atoms with Crippen LogP contribution in [0.15, 0.2) is 36.4 Å². The van der Waals surface area contributed by atoms with Gasteiger partial charge in [-0.25, -0.2) is 0 Å². The Balaban J connectivity index is 1.43. The fourth-order valence-electron chi connectivity index (χ4n) is 5.53. The molecule has 0 saturated heterocycles. The first kappa shape index (κ1) is 22.2. The molecule has 2 aromatic carbocycles. The Labute approximate surface area is 187 Å². The highest BCUT2D eigenvalue weighted by Crippen LogP contribution is 2.31. The van der Waals surface area contributed by atoms with Crippen molar-refractivity contribution in [2.24, 2.45) is 23.3 Å². The van der Waals surface area contributed by atoms with Gasteiger partial charge >= 0.3 is 0 Å². The van der Waals surface area contributed by atoms with E-state index in [0.717, 1.165) is 62.2 Å². The van der Waals surface area contributed by atoms with Crippen molar-refractivity contribution in [2.75, 3.05) is 11.5 Å². The van der Waals surface area contributed by atoms with Gasteiger partial charge in [0.1, 0.15) is 0 Å². The van der Waals surface area contributed by atoms with E-state index in [1.165, 1.54) is 47.9 Å². The molecule has 0 unspecified atom stereocenters. The van der Waals surface area contributed by atoms with Gasteiger partial charge in [-0.2, -0.15) is 0 Å². The summed E-state index contributed by atoms with van der Waals surface area (Å²) in [7, 11) is 0. The van der Waals surface area contributed by atoms with Crippen LogP contribution in [0.2, 0.25) is 0 Å². The topological polar surface area (TPSA) is 104 Å². The number of benzene rings is 2. The lowest BCUT2D eigenvalue weighted by Crippen LogP contribution is -2.27. The first-order valence-electron chi connectivity index (χ1n) is 12.2. The average molecular weight is 421 g/mol. The van der Waals surface area contributed by atoms with E-state index >= 15 is 0 Å². The van der Waals surface area contributed by atoms with Gasteiger partial charge in [0.25, 0.3) is 0 Å². The molecular formula is C27H40N4. The predicted molar refractivity (Wildman–Crippen MR) is 132 cm³/mol. The molecule has 0 spiro atoms. The maximum absolute atomic E-state index is 6.37. The van der Waals surface area contributed by atoms with E-state index in [-0.39, 0.29) is 0 Å². The molecule has 2 aromatic rings. The van der Waals surface area contributed by atoms with E-state index in [0.29, 0.717) is 18.0 Å². The second kappa shape index (κ2) is 10.1. The molecule has 4 nitrogen and oxygen atoms in total. The molecule has 4 rings (SSSR count). The lowest BCUT2D eigenvalue weighted by Gasteiger charge is -2.26. The average Bonchev–Trinajstić information content (AvgIpc) is 2.76. The molecule has 2 aliphatic carbocycles. The lowest BCUT2D eigenvalue weighted by molar-refractivity contribution is 0.325. The monoisotopic (exact) mass is 420 g/mol. The third-order valence-electron chi connectivity index (χ3n) is 7.63. The van der Waals surface area contributed by atoms with Gasteiger partial charge in [0.2, 0.25) is 0 Å². The second-order valence-corrected chi connectivity index (χ2v) is 10.2. The Morgan fingerprint density at radius 2 is 1.06 bits per heavy atom. The van der Waals surface area contributed by atoms with E-state index in [9.17, 15) is 0 Å². The fourth-order valence-corrected chi connectivity index (χ4v) is 5.53. The maximum Gasteiger partial charge on any atom is 0.0350 e. The van der Waals surface area contributed by atoms with Crippen molar-refractivity contribution in [3.05, 3.63) is 58.7 Å². The Bertz CT molecular complexity index is 862.